The smallest absolute Gasteiger partial charge is 0.303 e. The Bertz CT molecular complexity index is 711. The molecule has 1 fully saturated rings. The van der Waals surface area contributed by atoms with E-state index in [0.29, 0.717) is 44.8 Å². The standard InChI is InChI=1S/C16H22N2O6S/c1-17(8-2-3-15(19)20)16(21)13-4-6-14(7-5-13)25(22,23)18-9-11-24-12-10-18/h4-7H,2-3,8-12H2,1H3,(H,19,20). The van der Waals surface area contributed by atoms with E-state index in [9.17, 15) is 18.0 Å². The predicted octanol–water partition coefficient (Wildman–Crippen LogP) is 0.644. The number of amides is 1. The summed E-state index contributed by atoms with van der Waals surface area (Å²) in [5, 5.41) is 8.62. The molecule has 0 radical (unpaired) electrons. The Morgan fingerprint density at radius 2 is 1.80 bits per heavy atom. The molecule has 9 heteroatoms. The van der Waals surface area contributed by atoms with Crippen molar-refractivity contribution in [2.24, 2.45) is 0 Å². The van der Waals surface area contributed by atoms with Crippen LogP contribution >= 0.6 is 0 Å². The number of hydrogen-bond acceptors (Lipinski definition) is 5. The molecule has 1 heterocycles. The van der Waals surface area contributed by atoms with Crippen molar-refractivity contribution in [3.63, 3.8) is 0 Å². The van der Waals surface area contributed by atoms with Crippen LogP contribution in [0.5, 0.6) is 0 Å². The number of carboxylic acids is 1. The van der Waals surface area contributed by atoms with Gasteiger partial charge >= 0.3 is 5.97 Å². The molecule has 1 saturated heterocycles. The first kappa shape index (κ1) is 19.4. The van der Waals surface area contributed by atoms with Gasteiger partial charge in [0, 0.05) is 38.7 Å². The maximum atomic E-state index is 12.5. The van der Waals surface area contributed by atoms with Gasteiger partial charge < -0.3 is 14.7 Å². The first-order chi connectivity index (χ1) is 11.8. The van der Waals surface area contributed by atoms with E-state index in [-0.39, 0.29) is 17.2 Å². The van der Waals surface area contributed by atoms with Crippen LogP contribution in [0.2, 0.25) is 0 Å². The molecule has 1 aliphatic heterocycles. The van der Waals surface area contributed by atoms with E-state index >= 15 is 0 Å². The zero-order valence-corrected chi connectivity index (χ0v) is 14.9. The quantitative estimate of drug-likeness (QED) is 0.755. The minimum Gasteiger partial charge on any atom is -0.481 e. The molecule has 0 unspecified atom stereocenters. The lowest BCUT2D eigenvalue weighted by molar-refractivity contribution is -0.137. The van der Waals surface area contributed by atoms with Gasteiger partial charge in [-0.1, -0.05) is 0 Å². The van der Waals surface area contributed by atoms with E-state index in [1.54, 1.807) is 7.05 Å². The number of carbonyl (C=O) groups is 2. The fraction of sp³-hybridized carbons (Fsp3) is 0.500. The molecule has 8 nitrogen and oxygen atoms in total. The molecule has 0 aliphatic carbocycles. The summed E-state index contributed by atoms with van der Waals surface area (Å²) in [5.41, 5.74) is 0.360. The number of benzene rings is 1. The summed E-state index contributed by atoms with van der Waals surface area (Å²) in [7, 11) is -2.00. The van der Waals surface area contributed by atoms with Gasteiger partial charge in [-0.05, 0) is 30.7 Å². The van der Waals surface area contributed by atoms with Crippen molar-refractivity contribution >= 4 is 21.9 Å². The molecule has 0 bridgehead atoms. The lowest BCUT2D eigenvalue weighted by Gasteiger charge is -2.26. The van der Waals surface area contributed by atoms with Crippen molar-refractivity contribution in [1.29, 1.82) is 0 Å². The highest BCUT2D eigenvalue weighted by Crippen LogP contribution is 2.18. The summed E-state index contributed by atoms with van der Waals surface area (Å²) in [6.45, 7) is 1.69. The highest BCUT2D eigenvalue weighted by Gasteiger charge is 2.26. The molecule has 138 valence electrons. The number of hydrogen-bond donors (Lipinski definition) is 1. The molecule has 25 heavy (non-hydrogen) atoms. The highest BCUT2D eigenvalue weighted by atomic mass is 32.2. The summed E-state index contributed by atoms with van der Waals surface area (Å²) < 4.78 is 31.6. The maximum absolute atomic E-state index is 12.5. The number of sulfonamides is 1. The van der Waals surface area contributed by atoms with E-state index in [1.807, 2.05) is 0 Å². The fourth-order valence-electron chi connectivity index (χ4n) is 2.49. The van der Waals surface area contributed by atoms with E-state index in [1.165, 1.54) is 33.5 Å². The average molecular weight is 370 g/mol. The third kappa shape index (κ3) is 5.00. The van der Waals surface area contributed by atoms with E-state index < -0.39 is 16.0 Å². The zero-order chi connectivity index (χ0) is 18.4. The molecule has 1 aliphatic rings. The predicted molar refractivity (Wildman–Crippen MR) is 89.9 cm³/mol. The van der Waals surface area contributed by atoms with Crippen molar-refractivity contribution in [2.75, 3.05) is 39.9 Å². The Hall–Kier alpha value is -1.97. The number of carbonyl (C=O) groups excluding carboxylic acids is 1. The summed E-state index contributed by atoms with van der Waals surface area (Å²) in [6, 6.07) is 5.79. The Balaban J connectivity index is 2.03. The fourth-order valence-corrected chi connectivity index (χ4v) is 3.90. The number of ether oxygens (including phenoxy) is 1. The molecule has 1 aromatic carbocycles. The summed E-state index contributed by atoms with van der Waals surface area (Å²) >= 11 is 0. The zero-order valence-electron chi connectivity index (χ0n) is 14.1. The number of carboxylic acid groups (broad SMARTS) is 1. The largest absolute Gasteiger partial charge is 0.481 e. The number of rotatable bonds is 7. The van der Waals surface area contributed by atoms with Gasteiger partial charge in [0.15, 0.2) is 0 Å². The molecule has 0 saturated carbocycles. The van der Waals surface area contributed by atoms with Crippen LogP contribution in [0.3, 0.4) is 0 Å². The minimum absolute atomic E-state index is 0.00560. The van der Waals surface area contributed by atoms with Gasteiger partial charge in [0.1, 0.15) is 0 Å². The lowest BCUT2D eigenvalue weighted by atomic mass is 10.2. The Kier molecular flexibility index (Phi) is 6.51. The molecule has 1 N–H and O–H groups in total. The average Bonchev–Trinajstić information content (AvgIpc) is 2.61. The SMILES string of the molecule is CN(CCCC(=O)O)C(=O)c1ccc(S(=O)(=O)N2CCOCC2)cc1. The highest BCUT2D eigenvalue weighted by molar-refractivity contribution is 7.89. The van der Waals surface area contributed by atoms with Gasteiger partial charge in [-0.25, -0.2) is 8.42 Å². The topological polar surface area (TPSA) is 104 Å². The van der Waals surface area contributed by atoms with Crippen LogP contribution in [0, 0.1) is 0 Å². The normalized spacial score (nSPS) is 15.7. The molecule has 2 rings (SSSR count). The summed E-state index contributed by atoms with van der Waals surface area (Å²) in [5.74, 6) is -1.18. The molecule has 1 aromatic rings. The summed E-state index contributed by atoms with van der Waals surface area (Å²) in [4.78, 5) is 24.4. The molecular weight excluding hydrogens is 348 g/mol. The monoisotopic (exact) mass is 370 g/mol. The third-order valence-electron chi connectivity index (χ3n) is 3.94. The van der Waals surface area contributed by atoms with Crippen molar-refractivity contribution in [3.05, 3.63) is 29.8 Å². The maximum Gasteiger partial charge on any atom is 0.303 e. The molecule has 0 aromatic heterocycles. The van der Waals surface area contributed by atoms with E-state index in [0.717, 1.165) is 0 Å². The second-order valence-corrected chi connectivity index (χ2v) is 7.70. The van der Waals surface area contributed by atoms with Gasteiger partial charge in [-0.2, -0.15) is 4.31 Å². The number of nitrogens with zero attached hydrogens (tertiary/aromatic N) is 2. The van der Waals surface area contributed by atoms with E-state index in [4.69, 9.17) is 9.84 Å². The first-order valence-electron chi connectivity index (χ1n) is 7.97. The molecule has 1 amide bonds. The van der Waals surface area contributed by atoms with Crippen LogP contribution in [-0.2, 0) is 19.6 Å². The second-order valence-electron chi connectivity index (χ2n) is 5.76. The number of morpholine rings is 1. The lowest BCUT2D eigenvalue weighted by Crippen LogP contribution is -2.40. The third-order valence-corrected chi connectivity index (χ3v) is 5.85. The molecule has 0 atom stereocenters. The van der Waals surface area contributed by atoms with Crippen molar-refractivity contribution in [2.45, 2.75) is 17.7 Å². The van der Waals surface area contributed by atoms with Crippen molar-refractivity contribution in [3.8, 4) is 0 Å². The van der Waals surface area contributed by atoms with Crippen molar-refractivity contribution < 1.29 is 27.9 Å². The second kappa shape index (κ2) is 8.41. The van der Waals surface area contributed by atoms with Crippen molar-refractivity contribution in [1.82, 2.24) is 9.21 Å². The van der Waals surface area contributed by atoms with Crippen LogP contribution in [0.25, 0.3) is 0 Å². The molecular formula is C16H22N2O6S. The van der Waals surface area contributed by atoms with Crippen LogP contribution < -0.4 is 0 Å². The van der Waals surface area contributed by atoms with Crippen LogP contribution in [0.4, 0.5) is 0 Å². The van der Waals surface area contributed by atoms with Crippen LogP contribution in [0.15, 0.2) is 29.2 Å². The summed E-state index contributed by atoms with van der Waals surface area (Å²) in [6.07, 6.45) is 0.357. The first-order valence-corrected chi connectivity index (χ1v) is 9.41. The van der Waals surface area contributed by atoms with Crippen LogP contribution in [-0.4, -0.2) is 74.5 Å². The Morgan fingerprint density at radius 3 is 2.36 bits per heavy atom. The van der Waals surface area contributed by atoms with Gasteiger partial charge in [-0.15, -0.1) is 0 Å². The van der Waals surface area contributed by atoms with Gasteiger partial charge in [0.25, 0.3) is 5.91 Å². The van der Waals surface area contributed by atoms with Gasteiger partial charge in [0.2, 0.25) is 10.0 Å². The van der Waals surface area contributed by atoms with Crippen LogP contribution in [0.1, 0.15) is 23.2 Å². The van der Waals surface area contributed by atoms with E-state index in [2.05, 4.69) is 0 Å². The molecule has 0 spiro atoms. The minimum atomic E-state index is -3.59. The number of aliphatic carboxylic acids is 1. The Morgan fingerprint density at radius 1 is 1.20 bits per heavy atom. The van der Waals surface area contributed by atoms with Gasteiger partial charge in [0.05, 0.1) is 18.1 Å². The van der Waals surface area contributed by atoms with Gasteiger partial charge in [-0.3, -0.25) is 9.59 Å². The Labute approximate surface area is 147 Å².